The summed E-state index contributed by atoms with van der Waals surface area (Å²) >= 11 is 0. The van der Waals surface area contributed by atoms with Gasteiger partial charge in [0.1, 0.15) is 0 Å². The Morgan fingerprint density at radius 2 is 1.41 bits per heavy atom. The highest BCUT2D eigenvalue weighted by molar-refractivity contribution is 5.31. The van der Waals surface area contributed by atoms with Gasteiger partial charge in [0, 0.05) is 30.6 Å². The van der Waals surface area contributed by atoms with Crippen LogP contribution < -0.4 is 11.2 Å². The first-order valence-corrected chi connectivity index (χ1v) is 9.61. The van der Waals surface area contributed by atoms with Gasteiger partial charge in [-0.25, -0.2) is 4.79 Å². The van der Waals surface area contributed by atoms with Crippen molar-refractivity contribution in [3.05, 3.63) is 104 Å². The molecule has 0 aliphatic rings. The first-order valence-electron chi connectivity index (χ1n) is 9.61. The highest BCUT2D eigenvalue weighted by atomic mass is 16.2. The van der Waals surface area contributed by atoms with Crippen LogP contribution in [-0.4, -0.2) is 9.55 Å². The molecule has 0 aliphatic carbocycles. The zero-order valence-electron chi connectivity index (χ0n) is 15.8. The molecule has 0 bridgehead atoms. The van der Waals surface area contributed by atoms with Gasteiger partial charge in [0.2, 0.25) is 0 Å². The Morgan fingerprint density at radius 3 is 2.00 bits per heavy atom. The van der Waals surface area contributed by atoms with E-state index in [-0.39, 0.29) is 11.2 Å². The minimum atomic E-state index is -0.307. The lowest BCUT2D eigenvalue weighted by Crippen LogP contribution is -2.36. The van der Waals surface area contributed by atoms with Gasteiger partial charge >= 0.3 is 5.69 Å². The molecule has 0 saturated heterocycles. The van der Waals surface area contributed by atoms with E-state index in [0.717, 1.165) is 36.1 Å². The molecule has 0 amide bonds. The molecule has 0 spiro atoms. The molecule has 0 aliphatic heterocycles. The van der Waals surface area contributed by atoms with E-state index in [0.29, 0.717) is 24.9 Å². The maximum absolute atomic E-state index is 12.7. The summed E-state index contributed by atoms with van der Waals surface area (Å²) in [6.45, 7) is 2.77. The summed E-state index contributed by atoms with van der Waals surface area (Å²) in [6, 6.07) is 19.9. The first-order chi connectivity index (χ1) is 13.2. The van der Waals surface area contributed by atoms with Crippen molar-refractivity contribution in [2.45, 2.75) is 45.6 Å². The molecule has 0 radical (unpaired) electrons. The molecular formula is C23H26N2O2. The molecule has 4 heteroatoms. The summed E-state index contributed by atoms with van der Waals surface area (Å²) in [7, 11) is 0. The number of benzene rings is 2. The Hall–Kier alpha value is -2.88. The molecule has 3 rings (SSSR count). The molecule has 1 aromatic heterocycles. The number of nitrogens with one attached hydrogen (secondary N) is 1. The Labute approximate surface area is 159 Å². The molecule has 4 nitrogen and oxygen atoms in total. The van der Waals surface area contributed by atoms with Crippen molar-refractivity contribution in [1.82, 2.24) is 9.55 Å². The smallest absolute Gasteiger partial charge is 0.297 e. The minimum Gasteiger partial charge on any atom is -0.297 e. The molecule has 0 unspecified atom stereocenters. The van der Waals surface area contributed by atoms with Gasteiger partial charge in [-0.3, -0.25) is 14.3 Å². The third-order valence-corrected chi connectivity index (χ3v) is 4.84. The summed E-state index contributed by atoms with van der Waals surface area (Å²) in [6.07, 6.45) is 4.17. The monoisotopic (exact) mass is 362 g/mol. The van der Waals surface area contributed by atoms with Crippen LogP contribution >= 0.6 is 0 Å². The maximum atomic E-state index is 12.7. The highest BCUT2D eigenvalue weighted by Gasteiger charge is 2.16. The number of nitrogens with zero attached hydrogens (tertiary/aromatic N) is 1. The van der Waals surface area contributed by atoms with Gasteiger partial charge in [0.25, 0.3) is 5.56 Å². The second-order valence-electron chi connectivity index (χ2n) is 6.87. The summed E-state index contributed by atoms with van der Waals surface area (Å²) < 4.78 is 1.77. The average molecular weight is 362 g/mol. The van der Waals surface area contributed by atoms with Gasteiger partial charge in [0.05, 0.1) is 0 Å². The summed E-state index contributed by atoms with van der Waals surface area (Å²) in [5.41, 5.74) is 3.09. The van der Waals surface area contributed by atoms with Crippen molar-refractivity contribution >= 4 is 0 Å². The number of hydrogen-bond acceptors (Lipinski definition) is 2. The van der Waals surface area contributed by atoms with E-state index in [2.05, 4.69) is 11.9 Å². The first kappa shape index (κ1) is 18.9. The second-order valence-corrected chi connectivity index (χ2v) is 6.87. The molecule has 0 atom stereocenters. The number of rotatable bonds is 8. The van der Waals surface area contributed by atoms with Gasteiger partial charge in [-0.2, -0.15) is 0 Å². The van der Waals surface area contributed by atoms with E-state index in [1.54, 1.807) is 4.57 Å². The van der Waals surface area contributed by atoms with Crippen molar-refractivity contribution in [2.24, 2.45) is 0 Å². The third-order valence-electron chi connectivity index (χ3n) is 4.84. The van der Waals surface area contributed by atoms with Crippen LogP contribution in [0.3, 0.4) is 0 Å². The van der Waals surface area contributed by atoms with E-state index in [9.17, 15) is 9.59 Å². The van der Waals surface area contributed by atoms with Crippen LogP contribution in [0.1, 0.15) is 48.6 Å². The van der Waals surface area contributed by atoms with Crippen LogP contribution in [0.25, 0.3) is 0 Å². The van der Waals surface area contributed by atoms with Crippen molar-refractivity contribution in [2.75, 3.05) is 0 Å². The lowest BCUT2D eigenvalue weighted by atomic mass is 10.00. The Balaban J connectivity index is 2.07. The fraction of sp³-hybridized carbons (Fsp3) is 0.304. The van der Waals surface area contributed by atoms with E-state index in [1.807, 2.05) is 60.7 Å². The molecular weight excluding hydrogens is 336 g/mol. The summed E-state index contributed by atoms with van der Waals surface area (Å²) in [5, 5.41) is 0. The number of aromatic amines is 1. The second kappa shape index (κ2) is 9.17. The lowest BCUT2D eigenvalue weighted by Gasteiger charge is -2.17. The van der Waals surface area contributed by atoms with Crippen LogP contribution in [0.15, 0.2) is 70.3 Å². The van der Waals surface area contributed by atoms with Crippen LogP contribution in [-0.2, 0) is 19.4 Å². The Kier molecular flexibility index (Phi) is 6.42. The fourth-order valence-electron chi connectivity index (χ4n) is 3.39. The number of aromatic nitrogens is 2. The minimum absolute atomic E-state index is 0.276. The number of H-pyrrole nitrogens is 1. The molecule has 140 valence electrons. The SMILES string of the molecule is CCCCCn1c(Cc2ccccc2)c(Cc2ccccc2)c(=O)[nH]c1=O. The predicted molar refractivity (Wildman–Crippen MR) is 109 cm³/mol. The summed E-state index contributed by atoms with van der Waals surface area (Å²) in [5.74, 6) is 0. The van der Waals surface area contributed by atoms with Gasteiger partial charge in [-0.05, 0) is 17.5 Å². The molecule has 0 fully saturated rings. The van der Waals surface area contributed by atoms with E-state index in [4.69, 9.17) is 0 Å². The van der Waals surface area contributed by atoms with Crippen molar-refractivity contribution in [1.29, 1.82) is 0 Å². The van der Waals surface area contributed by atoms with Crippen molar-refractivity contribution in [3.63, 3.8) is 0 Å². The quantitative estimate of drug-likeness (QED) is 0.618. The molecule has 27 heavy (non-hydrogen) atoms. The van der Waals surface area contributed by atoms with Crippen LogP contribution in [0.4, 0.5) is 0 Å². The van der Waals surface area contributed by atoms with Crippen molar-refractivity contribution < 1.29 is 0 Å². The molecule has 1 heterocycles. The van der Waals surface area contributed by atoms with Gasteiger partial charge in [0.15, 0.2) is 0 Å². The highest BCUT2D eigenvalue weighted by Crippen LogP contribution is 2.15. The lowest BCUT2D eigenvalue weighted by molar-refractivity contribution is 0.552. The topological polar surface area (TPSA) is 54.9 Å². The largest absolute Gasteiger partial charge is 0.328 e. The number of hydrogen-bond donors (Lipinski definition) is 1. The molecule has 2 aromatic carbocycles. The van der Waals surface area contributed by atoms with E-state index >= 15 is 0 Å². The van der Waals surface area contributed by atoms with E-state index in [1.165, 1.54) is 0 Å². The van der Waals surface area contributed by atoms with Gasteiger partial charge in [-0.15, -0.1) is 0 Å². The van der Waals surface area contributed by atoms with Crippen LogP contribution in [0.5, 0.6) is 0 Å². The van der Waals surface area contributed by atoms with E-state index < -0.39 is 0 Å². The zero-order valence-corrected chi connectivity index (χ0v) is 15.8. The average Bonchev–Trinajstić information content (AvgIpc) is 2.69. The zero-order chi connectivity index (χ0) is 19.1. The van der Waals surface area contributed by atoms with Crippen molar-refractivity contribution in [3.8, 4) is 0 Å². The summed E-state index contributed by atoms with van der Waals surface area (Å²) in [4.78, 5) is 27.8. The van der Waals surface area contributed by atoms with Gasteiger partial charge in [-0.1, -0.05) is 80.4 Å². The Morgan fingerprint density at radius 1 is 0.815 bits per heavy atom. The molecule has 0 saturated carbocycles. The fourth-order valence-corrected chi connectivity index (χ4v) is 3.39. The van der Waals surface area contributed by atoms with Crippen LogP contribution in [0, 0.1) is 0 Å². The molecule has 3 aromatic rings. The Bertz CT molecular complexity index is 973. The molecule has 1 N–H and O–H groups in total. The number of unbranched alkanes of at least 4 members (excludes halogenated alkanes) is 2. The predicted octanol–water partition coefficient (Wildman–Crippen LogP) is 3.91. The standard InChI is InChI=1S/C23H26N2O2/c1-2-3-10-15-25-21(17-19-13-8-5-9-14-19)20(22(26)24-23(25)27)16-18-11-6-4-7-12-18/h4-9,11-14H,2-3,10,15-17H2,1H3,(H,24,26,27). The normalized spacial score (nSPS) is 10.9. The maximum Gasteiger partial charge on any atom is 0.328 e. The van der Waals surface area contributed by atoms with Crippen LogP contribution in [0.2, 0.25) is 0 Å². The van der Waals surface area contributed by atoms with Gasteiger partial charge < -0.3 is 0 Å². The third kappa shape index (κ3) is 4.85.